The predicted molar refractivity (Wildman–Crippen MR) is 158 cm³/mol. The first-order valence-corrected chi connectivity index (χ1v) is 15.1. The van der Waals surface area contributed by atoms with Crippen molar-refractivity contribution in [2.45, 2.75) is 43.7 Å². The van der Waals surface area contributed by atoms with Gasteiger partial charge < -0.3 is 10.1 Å². The molecule has 1 aliphatic rings. The largest absolute Gasteiger partial charge is 0.484 e. The first-order chi connectivity index (χ1) is 19.3. The Bertz CT molecular complexity index is 1570. The highest BCUT2D eigenvalue weighted by Gasteiger charge is 2.26. The molecule has 0 aliphatic heterocycles. The molecule has 1 amide bonds. The molecule has 8 heteroatoms. The molecule has 40 heavy (non-hydrogen) atoms. The summed E-state index contributed by atoms with van der Waals surface area (Å²) in [5.74, 6) is 0.277. The number of rotatable bonds is 9. The van der Waals surface area contributed by atoms with E-state index in [1.807, 2.05) is 19.1 Å². The molecule has 0 saturated carbocycles. The van der Waals surface area contributed by atoms with Crippen LogP contribution in [0, 0.1) is 6.92 Å². The van der Waals surface area contributed by atoms with Gasteiger partial charge in [-0.15, -0.1) is 0 Å². The van der Waals surface area contributed by atoms with Gasteiger partial charge in [-0.25, -0.2) is 8.42 Å². The van der Waals surface area contributed by atoms with Crippen molar-refractivity contribution in [1.29, 1.82) is 0 Å². The Balaban J connectivity index is 1.30. The molecule has 6 nitrogen and oxygen atoms in total. The van der Waals surface area contributed by atoms with Crippen molar-refractivity contribution < 1.29 is 17.9 Å². The number of hydrogen-bond donors (Lipinski definition) is 1. The first-order valence-electron chi connectivity index (χ1n) is 13.2. The summed E-state index contributed by atoms with van der Waals surface area (Å²) < 4.78 is 34.5. The lowest BCUT2D eigenvalue weighted by atomic mass is 9.88. The summed E-state index contributed by atoms with van der Waals surface area (Å²) in [7, 11) is -3.86. The van der Waals surface area contributed by atoms with Crippen LogP contribution < -0.4 is 14.4 Å². The third kappa shape index (κ3) is 6.49. The van der Waals surface area contributed by atoms with Gasteiger partial charge in [0.25, 0.3) is 15.9 Å². The molecule has 0 fully saturated rings. The molecular weight excluding hydrogens is 544 g/mol. The molecule has 1 N–H and O–H groups in total. The molecule has 0 radical (unpaired) electrons. The molecule has 1 aliphatic carbocycles. The highest BCUT2D eigenvalue weighted by atomic mass is 35.5. The fourth-order valence-electron chi connectivity index (χ4n) is 4.91. The lowest BCUT2D eigenvalue weighted by Crippen LogP contribution is -2.34. The smallest absolute Gasteiger partial charge is 0.264 e. The van der Waals surface area contributed by atoms with Gasteiger partial charge in [-0.1, -0.05) is 65.7 Å². The number of anilines is 1. The minimum atomic E-state index is -3.86. The van der Waals surface area contributed by atoms with Gasteiger partial charge in [-0.2, -0.15) is 0 Å². The zero-order valence-electron chi connectivity index (χ0n) is 22.2. The third-order valence-electron chi connectivity index (χ3n) is 7.05. The molecule has 4 aromatic carbocycles. The number of hydrogen-bond acceptors (Lipinski definition) is 4. The highest BCUT2D eigenvalue weighted by molar-refractivity contribution is 7.92. The van der Waals surface area contributed by atoms with Gasteiger partial charge >= 0.3 is 0 Å². The lowest BCUT2D eigenvalue weighted by molar-refractivity contribution is -0.123. The van der Waals surface area contributed by atoms with Crippen molar-refractivity contribution in [2.24, 2.45) is 0 Å². The van der Waals surface area contributed by atoms with Gasteiger partial charge in [0.05, 0.1) is 23.2 Å². The van der Waals surface area contributed by atoms with Crippen LogP contribution in [0.4, 0.5) is 5.69 Å². The number of carbonyl (C=O) groups is 1. The fourth-order valence-corrected chi connectivity index (χ4v) is 6.48. The average molecular weight is 575 g/mol. The van der Waals surface area contributed by atoms with E-state index in [-0.39, 0.29) is 30.0 Å². The summed E-state index contributed by atoms with van der Waals surface area (Å²) >= 11 is 6.04. The van der Waals surface area contributed by atoms with E-state index >= 15 is 0 Å². The molecule has 5 rings (SSSR count). The molecule has 206 valence electrons. The number of amides is 1. The van der Waals surface area contributed by atoms with Crippen LogP contribution in [0.2, 0.25) is 5.02 Å². The molecule has 0 heterocycles. The van der Waals surface area contributed by atoms with Gasteiger partial charge in [0.2, 0.25) is 0 Å². The second-order valence-electron chi connectivity index (χ2n) is 9.94. The van der Waals surface area contributed by atoms with Crippen molar-refractivity contribution in [3.8, 4) is 5.75 Å². The van der Waals surface area contributed by atoms with Crippen molar-refractivity contribution in [3.63, 3.8) is 0 Å². The van der Waals surface area contributed by atoms with Crippen molar-refractivity contribution >= 4 is 33.2 Å². The number of fused-ring (bicyclic) bond motifs is 1. The number of ether oxygens (including phenoxy) is 1. The van der Waals surface area contributed by atoms with Crippen LogP contribution in [0.15, 0.2) is 102 Å². The van der Waals surface area contributed by atoms with Crippen LogP contribution in [-0.4, -0.2) is 20.9 Å². The van der Waals surface area contributed by atoms with Gasteiger partial charge in [0.1, 0.15) is 5.75 Å². The first kappa shape index (κ1) is 27.7. The predicted octanol–water partition coefficient (Wildman–Crippen LogP) is 6.62. The van der Waals surface area contributed by atoms with E-state index in [0.717, 1.165) is 30.4 Å². The van der Waals surface area contributed by atoms with Crippen LogP contribution in [0.25, 0.3) is 0 Å². The number of carbonyl (C=O) groups excluding carboxylic acids is 1. The normalized spacial score (nSPS) is 14.7. The van der Waals surface area contributed by atoms with Crippen LogP contribution in [0.5, 0.6) is 5.75 Å². The Morgan fingerprint density at radius 1 is 0.950 bits per heavy atom. The Morgan fingerprint density at radius 2 is 1.65 bits per heavy atom. The third-order valence-corrected chi connectivity index (χ3v) is 9.09. The van der Waals surface area contributed by atoms with E-state index in [1.165, 1.54) is 15.4 Å². The minimum absolute atomic E-state index is 0.0168. The lowest BCUT2D eigenvalue weighted by Gasteiger charge is -2.26. The zero-order valence-corrected chi connectivity index (χ0v) is 23.8. The standard InChI is InChI=1S/C32H31ClN2O4S/c1-23-9-19-29(20-10-23)40(37,38)35(21-24-11-13-26(33)14-12-24)27-15-17-28(18-16-27)39-22-32(36)34-31-8-4-6-25-5-2-3-7-30(25)31/h2-3,5,7,9-20,31H,4,6,8,21-22H2,1H3,(H,34,36)/t31-/m1/s1. The minimum Gasteiger partial charge on any atom is -0.484 e. The summed E-state index contributed by atoms with van der Waals surface area (Å²) in [4.78, 5) is 12.9. The van der Waals surface area contributed by atoms with Crippen molar-refractivity contribution in [2.75, 3.05) is 10.9 Å². The Morgan fingerprint density at radius 3 is 2.38 bits per heavy atom. The van der Waals surface area contributed by atoms with E-state index in [1.54, 1.807) is 72.8 Å². The van der Waals surface area contributed by atoms with Gasteiger partial charge in [0.15, 0.2) is 6.61 Å². The number of aryl methyl sites for hydroxylation is 2. The SMILES string of the molecule is Cc1ccc(S(=O)(=O)N(Cc2ccc(Cl)cc2)c2ccc(OCC(=O)N[C@@H]3CCCc4ccccc43)cc2)cc1. The van der Waals surface area contributed by atoms with Gasteiger partial charge in [-0.05, 0) is 91.4 Å². The van der Waals surface area contributed by atoms with Gasteiger partial charge in [0, 0.05) is 5.02 Å². The second kappa shape index (κ2) is 12.1. The summed E-state index contributed by atoms with van der Waals surface area (Å²) in [6.07, 6.45) is 2.96. The summed E-state index contributed by atoms with van der Waals surface area (Å²) in [6.45, 7) is 1.90. The molecule has 0 unspecified atom stereocenters. The van der Waals surface area contributed by atoms with Crippen LogP contribution >= 0.6 is 11.6 Å². The Labute approximate surface area is 240 Å². The van der Waals surface area contributed by atoms with E-state index in [4.69, 9.17) is 16.3 Å². The number of nitrogens with one attached hydrogen (secondary N) is 1. The number of benzene rings is 4. The maximum absolute atomic E-state index is 13.7. The highest BCUT2D eigenvalue weighted by Crippen LogP contribution is 2.30. The number of nitrogens with zero attached hydrogens (tertiary/aromatic N) is 1. The maximum atomic E-state index is 13.7. The van der Waals surface area contributed by atoms with E-state index in [9.17, 15) is 13.2 Å². The summed E-state index contributed by atoms with van der Waals surface area (Å²) in [5.41, 5.74) is 4.69. The Kier molecular flexibility index (Phi) is 8.43. The molecule has 1 atom stereocenters. The summed E-state index contributed by atoms with van der Waals surface area (Å²) in [6, 6.07) is 28.8. The molecule has 0 bridgehead atoms. The molecule has 0 spiro atoms. The monoisotopic (exact) mass is 574 g/mol. The zero-order chi connectivity index (χ0) is 28.1. The number of sulfonamides is 1. The van der Waals surface area contributed by atoms with E-state index in [2.05, 4.69) is 17.4 Å². The van der Waals surface area contributed by atoms with Crippen molar-refractivity contribution in [3.05, 3.63) is 124 Å². The molecular formula is C32H31ClN2O4S. The second-order valence-corrected chi connectivity index (χ2v) is 12.2. The molecule has 0 saturated heterocycles. The topological polar surface area (TPSA) is 75.7 Å². The molecule has 0 aromatic heterocycles. The molecule has 4 aromatic rings. The van der Waals surface area contributed by atoms with Gasteiger partial charge in [-0.3, -0.25) is 9.10 Å². The van der Waals surface area contributed by atoms with Crippen LogP contribution in [0.1, 0.15) is 41.1 Å². The van der Waals surface area contributed by atoms with Crippen LogP contribution in [0.3, 0.4) is 0 Å². The quantitative estimate of drug-likeness (QED) is 0.244. The van der Waals surface area contributed by atoms with Crippen LogP contribution in [-0.2, 0) is 27.8 Å². The van der Waals surface area contributed by atoms with Crippen molar-refractivity contribution in [1.82, 2.24) is 5.32 Å². The maximum Gasteiger partial charge on any atom is 0.264 e. The van der Waals surface area contributed by atoms with E-state index < -0.39 is 10.0 Å². The fraction of sp³-hybridized carbons (Fsp3) is 0.219. The summed E-state index contributed by atoms with van der Waals surface area (Å²) in [5, 5.41) is 3.67. The number of halogens is 1. The van der Waals surface area contributed by atoms with E-state index in [0.29, 0.717) is 16.5 Å². The average Bonchev–Trinajstić information content (AvgIpc) is 2.96. The Hall–Kier alpha value is -3.81.